The Morgan fingerprint density at radius 1 is 1.33 bits per heavy atom. The van der Waals surface area contributed by atoms with Crippen LogP contribution in [0.1, 0.15) is 44.9 Å². The third-order valence-electron chi connectivity index (χ3n) is 3.99. The molecule has 2 rings (SSSR count). The highest BCUT2D eigenvalue weighted by molar-refractivity contribution is 5.82. The minimum Gasteiger partial charge on any atom is -0.388 e. The highest BCUT2D eigenvalue weighted by atomic mass is 16.6. The molecule has 102 valence electrons. The van der Waals surface area contributed by atoms with Crippen molar-refractivity contribution in [2.45, 2.75) is 56.6 Å². The molecule has 1 amide bonds. The van der Waals surface area contributed by atoms with Gasteiger partial charge in [-0.25, -0.2) is 0 Å². The van der Waals surface area contributed by atoms with Crippen LogP contribution in [-0.2, 0) is 4.79 Å². The Hall–Kier alpha value is -1.17. The van der Waals surface area contributed by atoms with Gasteiger partial charge in [0.15, 0.2) is 0 Å². The molecule has 0 aromatic rings. The number of nitrogens with one attached hydrogen (secondary N) is 1. The van der Waals surface area contributed by atoms with Gasteiger partial charge in [-0.1, -0.05) is 25.7 Å². The monoisotopic (exact) mass is 256 g/mol. The molecule has 6 heteroatoms. The van der Waals surface area contributed by atoms with E-state index in [2.05, 4.69) is 5.32 Å². The van der Waals surface area contributed by atoms with Crippen LogP contribution in [0, 0.1) is 16.0 Å². The summed E-state index contributed by atoms with van der Waals surface area (Å²) in [4.78, 5) is 21.7. The van der Waals surface area contributed by atoms with E-state index < -0.39 is 22.5 Å². The number of aliphatic hydroxyl groups is 1. The molecule has 0 spiro atoms. The third-order valence-corrected chi connectivity index (χ3v) is 3.99. The van der Waals surface area contributed by atoms with E-state index in [1.807, 2.05) is 0 Å². The van der Waals surface area contributed by atoms with Gasteiger partial charge in [-0.3, -0.25) is 14.9 Å². The second-order valence-electron chi connectivity index (χ2n) is 5.55. The van der Waals surface area contributed by atoms with Gasteiger partial charge in [0, 0.05) is 17.9 Å². The molecule has 0 radical (unpaired) electrons. The summed E-state index contributed by atoms with van der Waals surface area (Å²) >= 11 is 0. The molecule has 0 saturated heterocycles. The summed E-state index contributed by atoms with van der Waals surface area (Å²) in [6, 6.07) is -0.714. The maximum atomic E-state index is 11.7. The Morgan fingerprint density at radius 3 is 2.44 bits per heavy atom. The van der Waals surface area contributed by atoms with Crippen molar-refractivity contribution in [3.8, 4) is 0 Å². The lowest BCUT2D eigenvalue weighted by molar-refractivity contribution is -0.497. The first kappa shape index (κ1) is 13.3. The second-order valence-corrected chi connectivity index (χ2v) is 5.55. The topological polar surface area (TPSA) is 92.5 Å². The fourth-order valence-electron chi connectivity index (χ4n) is 2.64. The van der Waals surface area contributed by atoms with Crippen LogP contribution in [0.2, 0.25) is 0 Å². The van der Waals surface area contributed by atoms with E-state index in [1.165, 1.54) is 0 Å². The van der Waals surface area contributed by atoms with Crippen molar-refractivity contribution >= 4 is 5.91 Å². The number of carbonyl (C=O) groups excluding carboxylic acids is 1. The van der Waals surface area contributed by atoms with Crippen molar-refractivity contribution < 1.29 is 14.8 Å². The Bertz CT molecular complexity index is 337. The summed E-state index contributed by atoms with van der Waals surface area (Å²) in [7, 11) is 0. The SMILES string of the molecule is O=C(NCC1(O)CCCCCC1)[C@H]1C[C@@H]1[N+](=O)[O-]. The van der Waals surface area contributed by atoms with E-state index in [0.29, 0.717) is 19.3 Å². The van der Waals surface area contributed by atoms with Gasteiger partial charge in [0.25, 0.3) is 0 Å². The molecule has 0 unspecified atom stereocenters. The highest BCUT2D eigenvalue weighted by Crippen LogP contribution is 2.33. The van der Waals surface area contributed by atoms with Crippen LogP contribution in [0.5, 0.6) is 0 Å². The molecule has 2 aliphatic carbocycles. The lowest BCUT2D eigenvalue weighted by atomic mass is 9.94. The average Bonchev–Trinajstić information content (AvgIpc) is 3.10. The van der Waals surface area contributed by atoms with Crippen molar-refractivity contribution in [3.05, 3.63) is 10.1 Å². The summed E-state index contributed by atoms with van der Waals surface area (Å²) in [6.07, 6.45) is 5.95. The molecule has 2 saturated carbocycles. The molecule has 0 bridgehead atoms. The number of nitro groups is 1. The summed E-state index contributed by atoms with van der Waals surface area (Å²) in [5.74, 6) is -0.774. The van der Waals surface area contributed by atoms with Gasteiger partial charge in [0.1, 0.15) is 5.92 Å². The molecule has 18 heavy (non-hydrogen) atoms. The Morgan fingerprint density at radius 2 is 1.94 bits per heavy atom. The van der Waals surface area contributed by atoms with E-state index in [-0.39, 0.29) is 12.5 Å². The zero-order valence-corrected chi connectivity index (χ0v) is 10.4. The van der Waals surface area contributed by atoms with E-state index in [1.54, 1.807) is 0 Å². The van der Waals surface area contributed by atoms with Crippen LogP contribution >= 0.6 is 0 Å². The van der Waals surface area contributed by atoms with Gasteiger partial charge in [-0.05, 0) is 12.8 Å². The fraction of sp³-hybridized carbons (Fsp3) is 0.917. The Labute approximate surface area is 106 Å². The lowest BCUT2D eigenvalue weighted by Gasteiger charge is -2.26. The molecule has 2 N–H and O–H groups in total. The van der Waals surface area contributed by atoms with E-state index in [0.717, 1.165) is 25.7 Å². The van der Waals surface area contributed by atoms with Crippen molar-refractivity contribution in [1.29, 1.82) is 0 Å². The third kappa shape index (κ3) is 3.19. The molecule has 2 aliphatic rings. The minimum absolute atomic E-state index is 0.229. The van der Waals surface area contributed by atoms with Gasteiger partial charge in [-0.2, -0.15) is 0 Å². The van der Waals surface area contributed by atoms with Gasteiger partial charge >= 0.3 is 0 Å². The van der Waals surface area contributed by atoms with Crippen LogP contribution in [0.15, 0.2) is 0 Å². The average molecular weight is 256 g/mol. The predicted molar refractivity (Wildman–Crippen MR) is 64.6 cm³/mol. The second kappa shape index (κ2) is 5.22. The Balaban J connectivity index is 1.77. The summed E-state index contributed by atoms with van der Waals surface area (Å²) in [5.41, 5.74) is -0.814. The van der Waals surface area contributed by atoms with Crippen molar-refractivity contribution in [1.82, 2.24) is 5.32 Å². The maximum absolute atomic E-state index is 11.7. The number of nitrogens with zero attached hydrogens (tertiary/aromatic N) is 1. The molecular weight excluding hydrogens is 236 g/mol. The molecule has 0 aliphatic heterocycles. The van der Waals surface area contributed by atoms with Crippen LogP contribution in [0.3, 0.4) is 0 Å². The number of amides is 1. The molecule has 0 aromatic heterocycles. The number of carbonyl (C=O) groups is 1. The summed E-state index contributed by atoms with van der Waals surface area (Å²) < 4.78 is 0. The maximum Gasteiger partial charge on any atom is 0.230 e. The lowest BCUT2D eigenvalue weighted by Crippen LogP contribution is -2.43. The Kier molecular flexibility index (Phi) is 3.85. The quantitative estimate of drug-likeness (QED) is 0.443. The first-order valence-corrected chi connectivity index (χ1v) is 6.65. The molecular formula is C12H20N2O4. The first-order valence-electron chi connectivity index (χ1n) is 6.65. The summed E-state index contributed by atoms with van der Waals surface area (Å²) in [5, 5.41) is 23.5. The van der Waals surface area contributed by atoms with Gasteiger partial charge in [-0.15, -0.1) is 0 Å². The standard InChI is InChI=1S/C12H20N2O4/c15-11(9-7-10(9)14(17)18)13-8-12(16)5-3-1-2-4-6-12/h9-10,16H,1-8H2,(H,13,15)/t9-,10-/m0/s1. The predicted octanol–water partition coefficient (Wildman–Crippen LogP) is 0.853. The molecule has 6 nitrogen and oxygen atoms in total. The summed E-state index contributed by atoms with van der Waals surface area (Å²) in [6.45, 7) is 0.229. The molecule has 2 atom stereocenters. The van der Waals surface area contributed by atoms with Crippen molar-refractivity contribution in [3.63, 3.8) is 0 Å². The van der Waals surface area contributed by atoms with Crippen LogP contribution in [0.25, 0.3) is 0 Å². The molecule has 0 heterocycles. The van der Waals surface area contributed by atoms with Gasteiger partial charge < -0.3 is 10.4 Å². The van der Waals surface area contributed by atoms with Gasteiger partial charge in [0.2, 0.25) is 11.9 Å². The number of hydrogen-bond donors (Lipinski definition) is 2. The smallest absolute Gasteiger partial charge is 0.230 e. The minimum atomic E-state index is -0.814. The normalized spacial score (nSPS) is 30.3. The van der Waals surface area contributed by atoms with Crippen molar-refractivity contribution in [2.24, 2.45) is 5.92 Å². The zero-order valence-electron chi connectivity index (χ0n) is 10.4. The molecule has 2 fully saturated rings. The van der Waals surface area contributed by atoms with Crippen LogP contribution in [-0.4, -0.2) is 34.1 Å². The van der Waals surface area contributed by atoms with E-state index >= 15 is 0 Å². The zero-order chi connectivity index (χ0) is 13.2. The largest absolute Gasteiger partial charge is 0.388 e. The fourth-order valence-corrected chi connectivity index (χ4v) is 2.64. The first-order chi connectivity index (χ1) is 8.52. The number of rotatable bonds is 4. The van der Waals surface area contributed by atoms with E-state index in [9.17, 15) is 20.0 Å². The van der Waals surface area contributed by atoms with E-state index in [4.69, 9.17) is 0 Å². The van der Waals surface area contributed by atoms with Crippen LogP contribution in [0.4, 0.5) is 0 Å². The van der Waals surface area contributed by atoms with Crippen LogP contribution < -0.4 is 5.32 Å². The van der Waals surface area contributed by atoms with Crippen molar-refractivity contribution in [2.75, 3.05) is 6.54 Å². The highest BCUT2D eigenvalue weighted by Gasteiger charge is 2.53. The number of hydrogen-bond acceptors (Lipinski definition) is 4. The molecule has 0 aromatic carbocycles. The van der Waals surface area contributed by atoms with Gasteiger partial charge in [0.05, 0.1) is 5.60 Å².